The number of rotatable bonds is 5. The lowest BCUT2D eigenvalue weighted by atomic mass is 10.1. The summed E-state index contributed by atoms with van der Waals surface area (Å²) in [6, 6.07) is 4.18. The largest absolute Gasteiger partial charge is 0.494 e. The molecule has 0 spiro atoms. The molecule has 3 nitrogen and oxygen atoms in total. The average molecular weight is 239 g/mol. The maximum atomic E-state index is 13.4. The first-order valence-electron chi connectivity index (χ1n) is 5.66. The van der Waals surface area contributed by atoms with E-state index in [1.165, 1.54) is 19.2 Å². The van der Waals surface area contributed by atoms with Gasteiger partial charge in [-0.1, -0.05) is 13.8 Å². The number of ether oxygens (including phenoxy) is 1. The molecule has 0 aliphatic carbocycles. The number of halogens is 1. The summed E-state index contributed by atoms with van der Waals surface area (Å²) < 4.78 is 18.1. The van der Waals surface area contributed by atoms with E-state index in [-0.39, 0.29) is 11.7 Å². The summed E-state index contributed by atoms with van der Waals surface area (Å²) in [6.07, 6.45) is 0.907. The molecule has 0 saturated carbocycles. The normalized spacial score (nSPS) is 10.4. The highest BCUT2D eigenvalue weighted by molar-refractivity contribution is 5.94. The van der Waals surface area contributed by atoms with Gasteiger partial charge < -0.3 is 10.1 Å². The first kappa shape index (κ1) is 13.5. The van der Waals surface area contributed by atoms with Crippen molar-refractivity contribution in [1.82, 2.24) is 5.32 Å². The van der Waals surface area contributed by atoms with Gasteiger partial charge in [-0.15, -0.1) is 0 Å². The van der Waals surface area contributed by atoms with Crippen LogP contribution in [0.25, 0.3) is 0 Å². The Balaban J connectivity index is 2.60. The topological polar surface area (TPSA) is 38.3 Å². The Labute approximate surface area is 101 Å². The van der Waals surface area contributed by atoms with Crippen LogP contribution in [-0.2, 0) is 0 Å². The minimum atomic E-state index is -0.524. The van der Waals surface area contributed by atoms with E-state index in [2.05, 4.69) is 19.2 Å². The Hall–Kier alpha value is -1.58. The standard InChI is InChI=1S/C13H18FNO2/c1-9(2)6-7-15-13(16)10-4-5-12(17-3)11(14)8-10/h4-5,8-9H,6-7H2,1-3H3,(H,15,16). The minimum absolute atomic E-state index is 0.142. The number of hydrogen-bond donors (Lipinski definition) is 1. The predicted octanol–water partition coefficient (Wildman–Crippen LogP) is 2.61. The molecule has 0 atom stereocenters. The second-order valence-electron chi connectivity index (χ2n) is 4.29. The molecule has 4 heteroatoms. The van der Waals surface area contributed by atoms with E-state index in [0.29, 0.717) is 18.0 Å². The predicted molar refractivity (Wildman–Crippen MR) is 64.7 cm³/mol. The van der Waals surface area contributed by atoms with Crippen LogP contribution in [0.5, 0.6) is 5.75 Å². The van der Waals surface area contributed by atoms with Crippen molar-refractivity contribution < 1.29 is 13.9 Å². The van der Waals surface area contributed by atoms with Gasteiger partial charge in [0.15, 0.2) is 11.6 Å². The number of methoxy groups -OCH3 is 1. The number of carbonyl (C=O) groups excluding carboxylic acids is 1. The summed E-state index contributed by atoms with van der Waals surface area (Å²) in [5.41, 5.74) is 0.312. The molecule has 1 aromatic rings. The monoisotopic (exact) mass is 239 g/mol. The van der Waals surface area contributed by atoms with E-state index in [1.54, 1.807) is 6.07 Å². The van der Waals surface area contributed by atoms with Crippen molar-refractivity contribution in [3.05, 3.63) is 29.6 Å². The van der Waals surface area contributed by atoms with E-state index < -0.39 is 5.82 Å². The number of benzene rings is 1. The summed E-state index contributed by atoms with van der Waals surface area (Å²) in [6.45, 7) is 4.77. The van der Waals surface area contributed by atoms with Gasteiger partial charge in [-0.05, 0) is 30.5 Å². The Kier molecular flexibility index (Phi) is 4.94. The summed E-state index contributed by atoms with van der Waals surface area (Å²) >= 11 is 0. The summed E-state index contributed by atoms with van der Waals surface area (Å²) in [5, 5.41) is 2.75. The Morgan fingerprint density at radius 2 is 2.18 bits per heavy atom. The first-order valence-corrected chi connectivity index (χ1v) is 5.66. The van der Waals surface area contributed by atoms with Crippen molar-refractivity contribution in [2.24, 2.45) is 5.92 Å². The van der Waals surface area contributed by atoms with Crippen molar-refractivity contribution in [3.8, 4) is 5.75 Å². The van der Waals surface area contributed by atoms with E-state index >= 15 is 0 Å². The number of hydrogen-bond acceptors (Lipinski definition) is 2. The summed E-state index contributed by atoms with van der Waals surface area (Å²) in [4.78, 5) is 11.7. The molecule has 0 saturated heterocycles. The zero-order chi connectivity index (χ0) is 12.8. The second kappa shape index (κ2) is 6.23. The van der Waals surface area contributed by atoms with Gasteiger partial charge in [0.2, 0.25) is 0 Å². The fraction of sp³-hybridized carbons (Fsp3) is 0.462. The number of carbonyl (C=O) groups is 1. The maximum Gasteiger partial charge on any atom is 0.251 e. The molecule has 0 fully saturated rings. The van der Waals surface area contributed by atoms with Crippen molar-refractivity contribution in [2.45, 2.75) is 20.3 Å². The first-order chi connectivity index (χ1) is 8.04. The molecule has 1 N–H and O–H groups in total. The smallest absolute Gasteiger partial charge is 0.251 e. The number of nitrogens with one attached hydrogen (secondary N) is 1. The van der Waals surface area contributed by atoms with Crippen molar-refractivity contribution in [2.75, 3.05) is 13.7 Å². The van der Waals surface area contributed by atoms with Crippen LogP contribution >= 0.6 is 0 Å². The van der Waals surface area contributed by atoms with Crippen LogP contribution in [0.3, 0.4) is 0 Å². The quantitative estimate of drug-likeness (QED) is 0.857. The van der Waals surface area contributed by atoms with Gasteiger partial charge in [0.25, 0.3) is 5.91 Å². The molecule has 0 aliphatic heterocycles. The molecule has 0 aromatic heterocycles. The van der Waals surface area contributed by atoms with Crippen LogP contribution in [0, 0.1) is 11.7 Å². The molecule has 1 aromatic carbocycles. The van der Waals surface area contributed by atoms with E-state index in [9.17, 15) is 9.18 Å². The highest BCUT2D eigenvalue weighted by atomic mass is 19.1. The van der Waals surface area contributed by atoms with E-state index in [1.807, 2.05) is 0 Å². The SMILES string of the molecule is COc1ccc(C(=O)NCCC(C)C)cc1F. The maximum absolute atomic E-state index is 13.4. The molecule has 0 heterocycles. The molecule has 94 valence electrons. The molecule has 0 bridgehead atoms. The van der Waals surface area contributed by atoms with Crippen LogP contribution in [0.15, 0.2) is 18.2 Å². The number of amides is 1. The molecule has 17 heavy (non-hydrogen) atoms. The zero-order valence-corrected chi connectivity index (χ0v) is 10.4. The molecular formula is C13H18FNO2. The van der Waals surface area contributed by atoms with Gasteiger partial charge in [0.05, 0.1) is 7.11 Å². The molecule has 1 rings (SSSR count). The lowest BCUT2D eigenvalue weighted by molar-refractivity contribution is 0.0951. The second-order valence-corrected chi connectivity index (χ2v) is 4.29. The van der Waals surface area contributed by atoms with Crippen molar-refractivity contribution >= 4 is 5.91 Å². The molecule has 1 amide bonds. The fourth-order valence-corrected chi connectivity index (χ4v) is 1.38. The third-order valence-corrected chi connectivity index (χ3v) is 2.42. The lowest BCUT2D eigenvalue weighted by Gasteiger charge is -2.08. The average Bonchev–Trinajstić information content (AvgIpc) is 2.28. The third-order valence-electron chi connectivity index (χ3n) is 2.42. The van der Waals surface area contributed by atoms with Gasteiger partial charge in [-0.3, -0.25) is 4.79 Å². The van der Waals surface area contributed by atoms with E-state index in [0.717, 1.165) is 6.42 Å². The van der Waals surface area contributed by atoms with Crippen LogP contribution in [0.1, 0.15) is 30.6 Å². The molecule has 0 unspecified atom stereocenters. The van der Waals surface area contributed by atoms with Crippen LogP contribution in [0.2, 0.25) is 0 Å². The highest BCUT2D eigenvalue weighted by Gasteiger charge is 2.09. The van der Waals surface area contributed by atoms with Gasteiger partial charge in [0.1, 0.15) is 0 Å². The Bertz CT molecular complexity index is 391. The minimum Gasteiger partial charge on any atom is -0.494 e. The molecule has 0 radical (unpaired) electrons. The van der Waals surface area contributed by atoms with Gasteiger partial charge in [-0.2, -0.15) is 0 Å². The molecular weight excluding hydrogens is 221 g/mol. The van der Waals surface area contributed by atoms with Gasteiger partial charge in [0, 0.05) is 12.1 Å². The van der Waals surface area contributed by atoms with Crippen LogP contribution in [-0.4, -0.2) is 19.6 Å². The zero-order valence-electron chi connectivity index (χ0n) is 10.4. The van der Waals surface area contributed by atoms with Crippen LogP contribution in [0.4, 0.5) is 4.39 Å². The Morgan fingerprint density at radius 1 is 1.47 bits per heavy atom. The lowest BCUT2D eigenvalue weighted by Crippen LogP contribution is -2.25. The highest BCUT2D eigenvalue weighted by Crippen LogP contribution is 2.17. The van der Waals surface area contributed by atoms with E-state index in [4.69, 9.17) is 4.74 Å². The fourth-order valence-electron chi connectivity index (χ4n) is 1.38. The third kappa shape index (κ3) is 4.06. The summed E-state index contributed by atoms with van der Waals surface area (Å²) in [5.74, 6) is -0.108. The Morgan fingerprint density at radius 3 is 2.71 bits per heavy atom. The van der Waals surface area contributed by atoms with Gasteiger partial charge in [-0.25, -0.2) is 4.39 Å². The van der Waals surface area contributed by atoms with Crippen molar-refractivity contribution in [3.63, 3.8) is 0 Å². The summed E-state index contributed by atoms with van der Waals surface area (Å²) in [7, 11) is 1.39. The molecule has 0 aliphatic rings. The van der Waals surface area contributed by atoms with Crippen LogP contribution < -0.4 is 10.1 Å². The van der Waals surface area contributed by atoms with Crippen molar-refractivity contribution in [1.29, 1.82) is 0 Å². The van der Waals surface area contributed by atoms with Gasteiger partial charge >= 0.3 is 0 Å².